The smallest absolute Gasteiger partial charge is 0.305 e. The van der Waals surface area contributed by atoms with Gasteiger partial charge in [0.15, 0.2) is 0 Å². The van der Waals surface area contributed by atoms with Gasteiger partial charge in [0.25, 0.3) is 5.91 Å². The van der Waals surface area contributed by atoms with Gasteiger partial charge in [-0.3, -0.25) is 24.0 Å². The molecule has 1 aromatic carbocycles. The van der Waals surface area contributed by atoms with E-state index < -0.39 is 35.8 Å². The lowest BCUT2D eigenvalue weighted by molar-refractivity contribution is -0.147. The number of nitrogens with zero attached hydrogens (tertiary/aromatic N) is 2. The van der Waals surface area contributed by atoms with Crippen molar-refractivity contribution in [1.82, 2.24) is 20.4 Å². The Kier molecular flexibility index (Phi) is 10.8. The van der Waals surface area contributed by atoms with Crippen LogP contribution in [-0.4, -0.2) is 82.8 Å². The number of hydrogen-bond donors (Lipinski definition) is 3. The third-order valence-corrected chi connectivity index (χ3v) is 5.99. The molecule has 1 saturated heterocycles. The Morgan fingerprint density at radius 1 is 1.16 bits per heavy atom. The van der Waals surface area contributed by atoms with Gasteiger partial charge in [0.1, 0.15) is 6.04 Å². The molecule has 0 radical (unpaired) electrons. The first-order valence-electron chi connectivity index (χ1n) is 12.0. The number of carbonyl (C=O) groups is 5. The summed E-state index contributed by atoms with van der Waals surface area (Å²) >= 11 is 0. The molecule has 0 bridgehead atoms. The van der Waals surface area contributed by atoms with E-state index in [9.17, 15) is 24.0 Å². The van der Waals surface area contributed by atoms with Crippen molar-refractivity contribution >= 4 is 41.2 Å². The zero-order chi connectivity index (χ0) is 27.5. The van der Waals surface area contributed by atoms with Crippen LogP contribution in [0.5, 0.6) is 0 Å². The van der Waals surface area contributed by atoms with Gasteiger partial charge in [0, 0.05) is 25.6 Å². The zero-order valence-corrected chi connectivity index (χ0v) is 21.4. The van der Waals surface area contributed by atoms with Gasteiger partial charge in [-0.2, -0.15) is 0 Å². The van der Waals surface area contributed by atoms with Gasteiger partial charge in [-0.1, -0.05) is 48.6 Å². The van der Waals surface area contributed by atoms with E-state index >= 15 is 0 Å². The molecule has 37 heavy (non-hydrogen) atoms. The molecule has 3 N–H and O–H groups in total. The Morgan fingerprint density at radius 2 is 1.86 bits per heavy atom. The number of carbonyl (C=O) groups excluding carboxylic acids is 4. The molecule has 198 valence electrons. The second-order valence-electron chi connectivity index (χ2n) is 8.49. The molecule has 0 unspecified atom stereocenters. The fourth-order valence-electron chi connectivity index (χ4n) is 4.08. The minimum atomic E-state index is -1.12. The zero-order valence-electron chi connectivity index (χ0n) is 21.4. The van der Waals surface area contributed by atoms with Crippen molar-refractivity contribution in [1.29, 1.82) is 0 Å². The summed E-state index contributed by atoms with van der Waals surface area (Å²) in [5.74, 6) is -2.91. The summed E-state index contributed by atoms with van der Waals surface area (Å²) in [6.45, 7) is 8.44. The van der Waals surface area contributed by atoms with E-state index in [1.807, 2.05) is 43.3 Å². The van der Waals surface area contributed by atoms with Gasteiger partial charge in [0.2, 0.25) is 17.7 Å². The summed E-state index contributed by atoms with van der Waals surface area (Å²) in [6.07, 6.45) is 6.35. The van der Waals surface area contributed by atoms with Crippen molar-refractivity contribution in [2.45, 2.75) is 39.3 Å². The SMILES string of the molecule is C=C[C@H](CC(=O)O)NC(=O)[C@@H]1CN(C(C)=O)CCN1C(=O)CNC(=O)C(=CC)c1ccccc1/C=C\C. The highest BCUT2D eigenvalue weighted by molar-refractivity contribution is 6.20. The predicted octanol–water partition coefficient (Wildman–Crippen LogP) is 1.44. The number of rotatable bonds is 10. The van der Waals surface area contributed by atoms with E-state index in [4.69, 9.17) is 5.11 Å². The molecule has 2 rings (SSSR count). The third kappa shape index (κ3) is 7.89. The Bertz CT molecular complexity index is 1110. The lowest BCUT2D eigenvalue weighted by Gasteiger charge is -2.40. The molecule has 1 fully saturated rings. The average Bonchev–Trinajstić information content (AvgIpc) is 2.87. The second kappa shape index (κ2) is 13.8. The van der Waals surface area contributed by atoms with Crippen LogP contribution >= 0.6 is 0 Å². The summed E-state index contributed by atoms with van der Waals surface area (Å²) in [7, 11) is 0. The molecule has 1 heterocycles. The van der Waals surface area contributed by atoms with E-state index in [2.05, 4.69) is 17.2 Å². The quantitative estimate of drug-likeness (QED) is 0.322. The van der Waals surface area contributed by atoms with Crippen LogP contribution < -0.4 is 10.6 Å². The monoisotopic (exact) mass is 510 g/mol. The van der Waals surface area contributed by atoms with Crippen LogP contribution in [-0.2, 0) is 24.0 Å². The van der Waals surface area contributed by atoms with Crippen molar-refractivity contribution in [3.63, 3.8) is 0 Å². The maximum atomic E-state index is 13.1. The number of benzene rings is 1. The number of carboxylic acid groups (broad SMARTS) is 1. The van der Waals surface area contributed by atoms with Gasteiger partial charge >= 0.3 is 5.97 Å². The Morgan fingerprint density at radius 3 is 2.46 bits per heavy atom. The van der Waals surface area contributed by atoms with Gasteiger partial charge in [-0.05, 0) is 25.0 Å². The molecule has 1 aromatic rings. The maximum absolute atomic E-state index is 13.1. The van der Waals surface area contributed by atoms with Crippen LogP contribution in [0.2, 0.25) is 0 Å². The number of allylic oxidation sites excluding steroid dienone is 2. The van der Waals surface area contributed by atoms with Crippen molar-refractivity contribution in [2.24, 2.45) is 0 Å². The molecular formula is C27H34N4O6. The minimum Gasteiger partial charge on any atom is -0.481 e. The number of piperazine rings is 1. The first-order valence-corrected chi connectivity index (χ1v) is 12.0. The molecule has 0 spiro atoms. The number of carboxylic acids is 1. The van der Waals surface area contributed by atoms with Gasteiger partial charge in [0.05, 0.1) is 25.6 Å². The second-order valence-corrected chi connectivity index (χ2v) is 8.49. The summed E-state index contributed by atoms with van der Waals surface area (Å²) in [4.78, 5) is 64.9. The topological polar surface area (TPSA) is 136 Å². The number of aliphatic carboxylic acids is 1. The van der Waals surface area contributed by atoms with Crippen molar-refractivity contribution < 1.29 is 29.1 Å². The average molecular weight is 511 g/mol. The lowest BCUT2D eigenvalue weighted by atomic mass is 9.98. The summed E-state index contributed by atoms with van der Waals surface area (Å²) in [6, 6.07) is 5.50. The standard InChI is InChI=1S/C27H34N4O6/c1-5-10-19-11-8-9-12-22(19)21(7-3)26(36)28-16-24(33)31-14-13-30(18(4)32)17-23(31)27(37)29-20(6-2)15-25(34)35/h5-12,20,23H,2,13-17H2,1,3-4H3,(H,28,36)(H,29,37)(H,34,35)/b10-5-,21-7?/t20-,23+/m1/s1. The number of nitrogens with one attached hydrogen (secondary N) is 2. The normalized spacial score (nSPS) is 16.7. The van der Waals surface area contributed by atoms with E-state index in [-0.39, 0.29) is 38.5 Å². The first kappa shape index (κ1) is 29.0. The van der Waals surface area contributed by atoms with E-state index in [0.717, 1.165) is 5.56 Å². The predicted molar refractivity (Wildman–Crippen MR) is 140 cm³/mol. The van der Waals surface area contributed by atoms with Crippen LogP contribution in [0.1, 0.15) is 38.3 Å². The summed E-state index contributed by atoms with van der Waals surface area (Å²) < 4.78 is 0. The molecule has 10 nitrogen and oxygen atoms in total. The highest BCUT2D eigenvalue weighted by Crippen LogP contribution is 2.21. The molecule has 2 atom stereocenters. The lowest BCUT2D eigenvalue weighted by Crippen LogP contribution is -2.63. The van der Waals surface area contributed by atoms with Crippen molar-refractivity contribution in [3.05, 3.63) is 60.2 Å². The van der Waals surface area contributed by atoms with Gasteiger partial charge in [-0.15, -0.1) is 6.58 Å². The van der Waals surface area contributed by atoms with E-state index in [1.165, 1.54) is 22.8 Å². The summed E-state index contributed by atoms with van der Waals surface area (Å²) in [5.41, 5.74) is 1.98. The molecule has 0 aromatic heterocycles. The maximum Gasteiger partial charge on any atom is 0.305 e. The van der Waals surface area contributed by atoms with Crippen LogP contribution in [0.4, 0.5) is 0 Å². The Balaban J connectivity index is 2.16. The fourth-order valence-corrected chi connectivity index (χ4v) is 4.08. The molecule has 10 heteroatoms. The molecule has 1 aliphatic rings. The van der Waals surface area contributed by atoms with E-state index in [1.54, 1.807) is 13.0 Å². The number of hydrogen-bond acceptors (Lipinski definition) is 5. The third-order valence-electron chi connectivity index (χ3n) is 5.99. The van der Waals surface area contributed by atoms with Crippen molar-refractivity contribution in [2.75, 3.05) is 26.2 Å². The molecular weight excluding hydrogens is 476 g/mol. The van der Waals surface area contributed by atoms with Crippen LogP contribution in [0.25, 0.3) is 11.6 Å². The van der Waals surface area contributed by atoms with Crippen molar-refractivity contribution in [3.8, 4) is 0 Å². The van der Waals surface area contributed by atoms with Gasteiger partial charge in [-0.25, -0.2) is 0 Å². The molecule has 1 aliphatic heterocycles. The van der Waals surface area contributed by atoms with Crippen LogP contribution in [0.3, 0.4) is 0 Å². The Labute approximate surface area is 216 Å². The van der Waals surface area contributed by atoms with Crippen LogP contribution in [0, 0.1) is 0 Å². The van der Waals surface area contributed by atoms with E-state index in [0.29, 0.717) is 11.1 Å². The number of amides is 4. The van der Waals surface area contributed by atoms with Gasteiger partial charge < -0.3 is 25.5 Å². The first-order chi connectivity index (χ1) is 17.6. The van der Waals surface area contributed by atoms with Crippen LogP contribution in [0.15, 0.2) is 49.1 Å². The highest BCUT2D eigenvalue weighted by Gasteiger charge is 2.37. The molecule has 0 saturated carbocycles. The largest absolute Gasteiger partial charge is 0.481 e. The summed E-state index contributed by atoms with van der Waals surface area (Å²) in [5, 5.41) is 14.3. The Hall–Kier alpha value is -4.21. The molecule has 0 aliphatic carbocycles. The fraction of sp³-hybridized carbons (Fsp3) is 0.370. The minimum absolute atomic E-state index is 0.0470. The molecule has 4 amide bonds. The highest BCUT2D eigenvalue weighted by atomic mass is 16.4.